The van der Waals surface area contributed by atoms with Crippen LogP contribution in [0.3, 0.4) is 0 Å². The number of fused-ring (bicyclic) bond motifs is 1. The van der Waals surface area contributed by atoms with Crippen LogP contribution in [-0.2, 0) is 4.74 Å². The number of nitrogens with two attached hydrogens (primary N) is 1. The van der Waals surface area contributed by atoms with E-state index in [9.17, 15) is 4.79 Å². The lowest BCUT2D eigenvalue weighted by Crippen LogP contribution is -2.09. The maximum absolute atomic E-state index is 11.6. The van der Waals surface area contributed by atoms with E-state index < -0.39 is 0 Å². The third-order valence-electron chi connectivity index (χ3n) is 1.98. The smallest absolute Gasteiger partial charge is 0.196 e. The number of Topliss-reactive ketones (excluding diaryl/α,β-unsaturated/α-hetero) is 1. The average Bonchev–Trinajstić information content (AvgIpc) is 2.54. The van der Waals surface area contributed by atoms with Gasteiger partial charge in [-0.05, 0) is 6.07 Å². The summed E-state index contributed by atoms with van der Waals surface area (Å²) in [5.41, 5.74) is 6.41. The molecule has 2 N–H and O–H groups in total. The first-order valence-electron chi connectivity index (χ1n) is 4.35. The highest BCUT2D eigenvalue weighted by Gasteiger charge is 2.18. The van der Waals surface area contributed by atoms with E-state index in [1.807, 2.05) is 0 Å². The number of ketones is 1. The van der Waals surface area contributed by atoms with Crippen molar-refractivity contribution in [3.05, 3.63) is 24.0 Å². The minimum absolute atomic E-state index is 0.0257. The second-order valence-corrected chi connectivity index (χ2v) is 3.00. The Labute approximate surface area is 85.7 Å². The van der Waals surface area contributed by atoms with Crippen molar-refractivity contribution in [2.45, 2.75) is 0 Å². The molecule has 78 valence electrons. The summed E-state index contributed by atoms with van der Waals surface area (Å²) in [7, 11) is 1.45. The zero-order valence-electron chi connectivity index (χ0n) is 8.17. The quantitative estimate of drug-likeness (QED) is 0.722. The van der Waals surface area contributed by atoms with E-state index in [-0.39, 0.29) is 18.2 Å². The van der Waals surface area contributed by atoms with Gasteiger partial charge >= 0.3 is 0 Å². The Morgan fingerprint density at radius 1 is 1.67 bits per heavy atom. The van der Waals surface area contributed by atoms with E-state index >= 15 is 0 Å². The Balaban J connectivity index is 2.58. The molecule has 0 amide bonds. The molecule has 0 radical (unpaired) electrons. The second-order valence-electron chi connectivity index (χ2n) is 3.00. The highest BCUT2D eigenvalue weighted by Crippen LogP contribution is 2.15. The van der Waals surface area contributed by atoms with Crippen molar-refractivity contribution in [1.29, 1.82) is 0 Å². The van der Waals surface area contributed by atoms with E-state index in [2.05, 4.69) is 10.1 Å². The molecule has 15 heavy (non-hydrogen) atoms. The number of aromatic nitrogens is 3. The zero-order chi connectivity index (χ0) is 10.8. The molecule has 0 aliphatic carbocycles. The summed E-state index contributed by atoms with van der Waals surface area (Å²) < 4.78 is 6.23. The average molecular weight is 206 g/mol. The summed E-state index contributed by atoms with van der Waals surface area (Å²) in [6.45, 7) is -0.0257. The van der Waals surface area contributed by atoms with Gasteiger partial charge in [-0.1, -0.05) is 0 Å². The van der Waals surface area contributed by atoms with Gasteiger partial charge in [0, 0.05) is 19.5 Å². The van der Waals surface area contributed by atoms with Gasteiger partial charge in [0.05, 0.1) is 0 Å². The lowest BCUT2D eigenvalue weighted by atomic mass is 10.2. The highest BCUT2D eigenvalue weighted by atomic mass is 16.5. The van der Waals surface area contributed by atoms with Gasteiger partial charge in [0.15, 0.2) is 17.2 Å². The summed E-state index contributed by atoms with van der Waals surface area (Å²) >= 11 is 0. The van der Waals surface area contributed by atoms with E-state index in [1.165, 1.54) is 11.6 Å². The minimum atomic E-state index is -0.219. The summed E-state index contributed by atoms with van der Waals surface area (Å²) in [5, 5.41) is 3.97. The second kappa shape index (κ2) is 3.66. The van der Waals surface area contributed by atoms with Gasteiger partial charge in [-0.25, -0.2) is 9.50 Å². The number of rotatable bonds is 3. The molecule has 2 rings (SSSR count). The van der Waals surface area contributed by atoms with Crippen molar-refractivity contribution in [1.82, 2.24) is 14.6 Å². The first-order valence-corrected chi connectivity index (χ1v) is 4.35. The Morgan fingerprint density at radius 2 is 2.47 bits per heavy atom. The molecule has 0 fully saturated rings. The van der Waals surface area contributed by atoms with Crippen molar-refractivity contribution < 1.29 is 9.53 Å². The standard InChI is InChI=1S/C9H10N4O2/c1-15-5-6(14)7-8(10)12-13-4-2-3-11-9(7)13/h2-4H,5H2,1H3,(H2,10,12). The van der Waals surface area contributed by atoms with Crippen LogP contribution in [0.15, 0.2) is 18.5 Å². The molecule has 0 aliphatic rings. The van der Waals surface area contributed by atoms with Crippen molar-refractivity contribution >= 4 is 17.2 Å². The minimum Gasteiger partial charge on any atom is -0.382 e. The number of anilines is 1. The van der Waals surface area contributed by atoms with E-state index in [4.69, 9.17) is 10.5 Å². The molecule has 0 bridgehead atoms. The monoisotopic (exact) mass is 206 g/mol. The number of carbonyl (C=O) groups is 1. The summed E-state index contributed by atoms with van der Waals surface area (Å²) in [4.78, 5) is 15.7. The molecule has 2 heterocycles. The Morgan fingerprint density at radius 3 is 3.20 bits per heavy atom. The van der Waals surface area contributed by atoms with Gasteiger partial charge in [-0.3, -0.25) is 4.79 Å². The predicted molar refractivity (Wildman–Crippen MR) is 53.6 cm³/mol. The van der Waals surface area contributed by atoms with Crippen LogP contribution in [0.5, 0.6) is 0 Å². The van der Waals surface area contributed by atoms with Crippen LogP contribution in [0.4, 0.5) is 5.82 Å². The summed E-state index contributed by atoms with van der Waals surface area (Å²) in [6.07, 6.45) is 3.27. The Bertz CT molecular complexity index is 506. The molecule has 6 nitrogen and oxygen atoms in total. The number of hydrogen-bond acceptors (Lipinski definition) is 5. The molecule has 0 spiro atoms. The molecule has 0 saturated carbocycles. The van der Waals surface area contributed by atoms with Gasteiger partial charge in [-0.2, -0.15) is 0 Å². The van der Waals surface area contributed by atoms with Crippen molar-refractivity contribution in [2.24, 2.45) is 0 Å². The SMILES string of the molecule is COCC(=O)c1c(N)nn2cccnc12. The number of nitrogens with zero attached hydrogens (tertiary/aromatic N) is 3. The van der Waals surface area contributed by atoms with Gasteiger partial charge in [0.1, 0.15) is 12.2 Å². The lowest BCUT2D eigenvalue weighted by molar-refractivity contribution is 0.0850. The van der Waals surface area contributed by atoms with Crippen LogP contribution >= 0.6 is 0 Å². The van der Waals surface area contributed by atoms with Crippen LogP contribution in [0.1, 0.15) is 10.4 Å². The van der Waals surface area contributed by atoms with Gasteiger partial charge in [-0.15, -0.1) is 5.10 Å². The van der Waals surface area contributed by atoms with Crippen LogP contribution in [0.25, 0.3) is 5.65 Å². The number of methoxy groups -OCH3 is 1. The Hall–Kier alpha value is -1.95. The molecule has 0 aliphatic heterocycles. The molecule has 0 aromatic carbocycles. The third kappa shape index (κ3) is 1.55. The largest absolute Gasteiger partial charge is 0.382 e. The fourth-order valence-corrected chi connectivity index (χ4v) is 1.37. The fraction of sp³-hybridized carbons (Fsp3) is 0.222. The van der Waals surface area contributed by atoms with Crippen LogP contribution in [0.2, 0.25) is 0 Å². The number of nitrogen functional groups attached to an aromatic ring is 1. The first-order chi connectivity index (χ1) is 7.24. The number of ether oxygens (including phenoxy) is 1. The molecule has 0 unspecified atom stereocenters. The van der Waals surface area contributed by atoms with Gasteiger partial charge in [0.2, 0.25) is 0 Å². The summed E-state index contributed by atoms with van der Waals surface area (Å²) in [6, 6.07) is 1.71. The van der Waals surface area contributed by atoms with Gasteiger partial charge in [0.25, 0.3) is 0 Å². The topological polar surface area (TPSA) is 82.5 Å². The maximum Gasteiger partial charge on any atom is 0.196 e. The predicted octanol–water partition coefficient (Wildman–Crippen LogP) is 0.141. The van der Waals surface area contributed by atoms with Crippen molar-refractivity contribution in [3.8, 4) is 0 Å². The summed E-state index contributed by atoms with van der Waals surface area (Å²) in [5.74, 6) is -0.0422. The van der Waals surface area contributed by atoms with E-state index in [0.717, 1.165) is 0 Å². The molecule has 0 atom stereocenters. The normalized spacial score (nSPS) is 10.7. The third-order valence-corrected chi connectivity index (χ3v) is 1.98. The molecular weight excluding hydrogens is 196 g/mol. The van der Waals surface area contributed by atoms with Crippen LogP contribution in [0, 0.1) is 0 Å². The van der Waals surface area contributed by atoms with Crippen LogP contribution < -0.4 is 5.73 Å². The molecular formula is C9H10N4O2. The fourth-order valence-electron chi connectivity index (χ4n) is 1.37. The van der Waals surface area contributed by atoms with Crippen LogP contribution in [-0.4, -0.2) is 34.1 Å². The molecule has 2 aromatic rings. The van der Waals surface area contributed by atoms with E-state index in [0.29, 0.717) is 11.2 Å². The van der Waals surface area contributed by atoms with Crippen molar-refractivity contribution in [3.63, 3.8) is 0 Å². The molecule has 2 aromatic heterocycles. The van der Waals surface area contributed by atoms with E-state index in [1.54, 1.807) is 18.5 Å². The molecule has 0 saturated heterocycles. The molecule has 6 heteroatoms. The number of hydrogen-bond donors (Lipinski definition) is 1. The zero-order valence-corrected chi connectivity index (χ0v) is 8.17. The number of carbonyl (C=O) groups excluding carboxylic acids is 1. The highest BCUT2D eigenvalue weighted by molar-refractivity contribution is 6.06. The lowest BCUT2D eigenvalue weighted by Gasteiger charge is -1.97. The first kappa shape index (κ1) is 9.60. The van der Waals surface area contributed by atoms with Crippen molar-refractivity contribution in [2.75, 3.05) is 19.5 Å². The van der Waals surface area contributed by atoms with Gasteiger partial charge < -0.3 is 10.5 Å². The maximum atomic E-state index is 11.6. The Kier molecular flexibility index (Phi) is 2.34.